The van der Waals surface area contributed by atoms with Gasteiger partial charge in [0.1, 0.15) is 0 Å². The van der Waals surface area contributed by atoms with Gasteiger partial charge in [-0.3, -0.25) is 14.2 Å². The monoisotopic (exact) mass is 485 g/mol. The second-order valence-electron chi connectivity index (χ2n) is 8.35. The summed E-state index contributed by atoms with van der Waals surface area (Å²) >= 11 is 1.35. The van der Waals surface area contributed by atoms with Crippen molar-refractivity contribution < 1.29 is 9.59 Å². The SMILES string of the molecule is CC(=O)Nc1ccc(NC(=O)C(C)Sc2nnc(-c3ccc(C)cc3)n2-c2ccc(C)cc2)cc1. The number of aryl methyl sites for hydroxylation is 2. The zero-order valence-electron chi connectivity index (χ0n) is 20.1. The molecule has 0 aliphatic carbocycles. The fraction of sp³-hybridized carbons (Fsp3) is 0.185. The third-order valence-corrected chi connectivity index (χ3v) is 6.40. The first-order valence-corrected chi connectivity index (χ1v) is 12.1. The summed E-state index contributed by atoms with van der Waals surface area (Å²) in [7, 11) is 0. The van der Waals surface area contributed by atoms with Gasteiger partial charge in [-0.2, -0.15) is 0 Å². The molecule has 0 saturated heterocycles. The molecule has 1 aromatic heterocycles. The Kier molecular flexibility index (Phi) is 7.31. The van der Waals surface area contributed by atoms with Crippen LogP contribution in [-0.4, -0.2) is 31.8 Å². The van der Waals surface area contributed by atoms with Gasteiger partial charge in [0.25, 0.3) is 0 Å². The van der Waals surface area contributed by atoms with Crippen molar-refractivity contribution in [2.75, 3.05) is 10.6 Å². The number of rotatable bonds is 7. The maximum Gasteiger partial charge on any atom is 0.237 e. The lowest BCUT2D eigenvalue weighted by Crippen LogP contribution is -2.23. The van der Waals surface area contributed by atoms with E-state index in [1.807, 2.05) is 73.9 Å². The lowest BCUT2D eigenvalue weighted by molar-refractivity contribution is -0.115. The number of hydrogen-bond donors (Lipinski definition) is 2. The number of aromatic nitrogens is 3. The summed E-state index contributed by atoms with van der Waals surface area (Å²) in [5.74, 6) is 0.421. The van der Waals surface area contributed by atoms with Crippen molar-refractivity contribution in [3.05, 3.63) is 83.9 Å². The first kappa shape index (κ1) is 24.2. The van der Waals surface area contributed by atoms with Crippen molar-refractivity contribution in [3.8, 4) is 17.1 Å². The van der Waals surface area contributed by atoms with Gasteiger partial charge in [-0.25, -0.2) is 0 Å². The standard InChI is InChI=1S/C27H27N5O2S/c1-17-5-9-21(10-6-17)25-30-31-27(32(25)24-15-7-18(2)8-16-24)35-19(3)26(34)29-23-13-11-22(12-14-23)28-20(4)33/h5-16,19H,1-4H3,(H,28,33)(H,29,34). The van der Waals surface area contributed by atoms with Crippen molar-refractivity contribution in [1.29, 1.82) is 0 Å². The minimum Gasteiger partial charge on any atom is -0.326 e. The summed E-state index contributed by atoms with van der Waals surface area (Å²) in [5.41, 5.74) is 5.53. The zero-order valence-corrected chi connectivity index (χ0v) is 20.9. The fourth-order valence-electron chi connectivity index (χ4n) is 3.46. The average Bonchev–Trinajstić information content (AvgIpc) is 3.24. The number of amides is 2. The van der Waals surface area contributed by atoms with E-state index in [0.29, 0.717) is 16.5 Å². The Hall–Kier alpha value is -3.91. The van der Waals surface area contributed by atoms with Crippen LogP contribution >= 0.6 is 11.8 Å². The van der Waals surface area contributed by atoms with Gasteiger partial charge in [0.05, 0.1) is 5.25 Å². The number of benzene rings is 3. The van der Waals surface area contributed by atoms with Crippen LogP contribution in [0.15, 0.2) is 78.0 Å². The zero-order chi connectivity index (χ0) is 24.9. The number of nitrogens with one attached hydrogen (secondary N) is 2. The molecular formula is C27H27N5O2S. The van der Waals surface area contributed by atoms with Gasteiger partial charge in [0.15, 0.2) is 11.0 Å². The molecular weight excluding hydrogens is 458 g/mol. The van der Waals surface area contributed by atoms with Gasteiger partial charge < -0.3 is 10.6 Å². The molecule has 1 unspecified atom stereocenters. The van der Waals surface area contributed by atoms with Crippen molar-refractivity contribution in [2.24, 2.45) is 0 Å². The van der Waals surface area contributed by atoms with Gasteiger partial charge in [-0.15, -0.1) is 10.2 Å². The van der Waals surface area contributed by atoms with E-state index in [1.54, 1.807) is 24.3 Å². The minimum atomic E-state index is -0.427. The van der Waals surface area contributed by atoms with E-state index in [-0.39, 0.29) is 11.8 Å². The highest BCUT2D eigenvalue weighted by molar-refractivity contribution is 8.00. The van der Waals surface area contributed by atoms with Gasteiger partial charge in [-0.1, -0.05) is 59.3 Å². The predicted molar refractivity (Wildman–Crippen MR) is 141 cm³/mol. The molecule has 0 fully saturated rings. The lowest BCUT2D eigenvalue weighted by Gasteiger charge is -2.14. The molecule has 0 bridgehead atoms. The highest BCUT2D eigenvalue weighted by Crippen LogP contribution is 2.31. The van der Waals surface area contributed by atoms with E-state index < -0.39 is 5.25 Å². The first-order valence-electron chi connectivity index (χ1n) is 11.2. The number of carbonyl (C=O) groups excluding carboxylic acids is 2. The maximum absolute atomic E-state index is 12.9. The Morgan fingerprint density at radius 3 is 1.91 bits per heavy atom. The van der Waals surface area contributed by atoms with E-state index in [2.05, 4.69) is 20.8 Å². The average molecular weight is 486 g/mol. The summed E-state index contributed by atoms with van der Waals surface area (Å²) in [4.78, 5) is 24.1. The van der Waals surface area contributed by atoms with Crippen LogP contribution in [0.4, 0.5) is 11.4 Å². The Morgan fingerprint density at radius 2 is 1.34 bits per heavy atom. The van der Waals surface area contributed by atoms with Crippen LogP contribution in [-0.2, 0) is 9.59 Å². The Morgan fingerprint density at radius 1 is 0.800 bits per heavy atom. The molecule has 3 aromatic carbocycles. The first-order chi connectivity index (χ1) is 16.8. The van der Waals surface area contributed by atoms with Crippen molar-refractivity contribution in [3.63, 3.8) is 0 Å². The van der Waals surface area contributed by atoms with Crippen LogP contribution in [0.5, 0.6) is 0 Å². The summed E-state index contributed by atoms with van der Waals surface area (Å²) < 4.78 is 1.99. The third kappa shape index (κ3) is 5.96. The van der Waals surface area contributed by atoms with Crippen LogP contribution in [0.1, 0.15) is 25.0 Å². The summed E-state index contributed by atoms with van der Waals surface area (Å²) in [5, 5.41) is 14.7. The normalized spacial score (nSPS) is 11.7. The van der Waals surface area contributed by atoms with Crippen LogP contribution < -0.4 is 10.6 Å². The van der Waals surface area contributed by atoms with Crippen molar-refractivity contribution in [1.82, 2.24) is 14.8 Å². The van der Waals surface area contributed by atoms with E-state index in [4.69, 9.17) is 0 Å². The molecule has 0 spiro atoms. The number of hydrogen-bond acceptors (Lipinski definition) is 5. The van der Waals surface area contributed by atoms with E-state index >= 15 is 0 Å². The third-order valence-electron chi connectivity index (χ3n) is 5.36. The van der Waals surface area contributed by atoms with E-state index in [0.717, 1.165) is 22.6 Å². The second-order valence-corrected chi connectivity index (χ2v) is 9.66. The number of nitrogens with zero attached hydrogens (tertiary/aromatic N) is 3. The largest absolute Gasteiger partial charge is 0.326 e. The highest BCUT2D eigenvalue weighted by Gasteiger charge is 2.22. The Bertz CT molecular complexity index is 1330. The predicted octanol–water partition coefficient (Wildman–Crippen LogP) is 5.63. The minimum absolute atomic E-state index is 0.144. The van der Waals surface area contributed by atoms with Crippen LogP contribution in [0.3, 0.4) is 0 Å². The van der Waals surface area contributed by atoms with Crippen LogP contribution in [0, 0.1) is 13.8 Å². The van der Waals surface area contributed by atoms with Gasteiger partial charge >= 0.3 is 0 Å². The molecule has 4 rings (SSSR count). The molecule has 0 aliphatic heterocycles. The summed E-state index contributed by atoms with van der Waals surface area (Å²) in [6.45, 7) is 7.38. The van der Waals surface area contributed by atoms with Crippen molar-refractivity contribution in [2.45, 2.75) is 38.1 Å². The second kappa shape index (κ2) is 10.6. The van der Waals surface area contributed by atoms with Gasteiger partial charge in [0.2, 0.25) is 11.8 Å². The molecule has 1 heterocycles. The summed E-state index contributed by atoms with van der Waals surface area (Å²) in [6, 6.07) is 23.3. The molecule has 0 radical (unpaired) electrons. The Balaban J connectivity index is 1.57. The molecule has 2 N–H and O–H groups in total. The van der Waals surface area contributed by atoms with Gasteiger partial charge in [0, 0.05) is 29.5 Å². The van der Waals surface area contributed by atoms with Crippen molar-refractivity contribution >= 4 is 35.0 Å². The molecule has 8 heteroatoms. The summed E-state index contributed by atoms with van der Waals surface area (Å²) in [6.07, 6.45) is 0. The van der Waals surface area contributed by atoms with Gasteiger partial charge in [-0.05, 0) is 57.2 Å². The van der Waals surface area contributed by atoms with Crippen LogP contribution in [0.2, 0.25) is 0 Å². The molecule has 178 valence electrons. The molecule has 4 aromatic rings. The quantitative estimate of drug-likeness (QED) is 0.331. The molecule has 1 atom stereocenters. The molecule has 2 amide bonds. The van der Waals surface area contributed by atoms with E-state index in [1.165, 1.54) is 24.2 Å². The maximum atomic E-state index is 12.9. The smallest absolute Gasteiger partial charge is 0.237 e. The molecule has 0 saturated carbocycles. The molecule has 7 nitrogen and oxygen atoms in total. The number of anilines is 2. The fourth-order valence-corrected chi connectivity index (χ4v) is 4.33. The number of thioether (sulfide) groups is 1. The van der Waals surface area contributed by atoms with Crippen LogP contribution in [0.25, 0.3) is 17.1 Å². The molecule has 35 heavy (non-hydrogen) atoms. The highest BCUT2D eigenvalue weighted by atomic mass is 32.2. The lowest BCUT2D eigenvalue weighted by atomic mass is 10.1. The topological polar surface area (TPSA) is 88.9 Å². The number of carbonyl (C=O) groups is 2. The Labute approximate surface area is 209 Å². The molecule has 0 aliphatic rings. The van der Waals surface area contributed by atoms with E-state index in [9.17, 15) is 9.59 Å².